The molecule has 0 bridgehead atoms. The maximum Gasteiger partial charge on any atom is 0.146 e. The first kappa shape index (κ1) is 12.3. The average Bonchev–Trinajstić information content (AvgIpc) is 2.29. The summed E-state index contributed by atoms with van der Waals surface area (Å²) < 4.78 is 13.9. The molecule has 0 amide bonds. The molecule has 2 rings (SSSR count). The molecule has 3 nitrogen and oxygen atoms in total. The number of benzene rings is 1. The van der Waals surface area contributed by atoms with Crippen molar-refractivity contribution in [2.45, 2.75) is 25.4 Å². The minimum absolute atomic E-state index is 0.0186. The van der Waals surface area contributed by atoms with Crippen LogP contribution >= 0.6 is 0 Å². The smallest absolute Gasteiger partial charge is 0.146 e. The van der Waals surface area contributed by atoms with Crippen molar-refractivity contribution in [1.29, 1.82) is 0 Å². The van der Waals surface area contributed by atoms with Crippen LogP contribution in [0.2, 0.25) is 0 Å². The molecule has 1 heterocycles. The van der Waals surface area contributed by atoms with Crippen LogP contribution in [0.5, 0.6) is 0 Å². The molecule has 2 N–H and O–H groups in total. The number of hydrogen-bond donors (Lipinski definition) is 2. The van der Waals surface area contributed by atoms with Gasteiger partial charge in [0.15, 0.2) is 0 Å². The van der Waals surface area contributed by atoms with Crippen molar-refractivity contribution in [2.24, 2.45) is 0 Å². The second kappa shape index (κ2) is 4.63. The Morgan fingerprint density at radius 3 is 2.82 bits per heavy atom. The number of anilines is 1. The molecule has 1 aromatic carbocycles. The minimum atomic E-state index is -0.235. The van der Waals surface area contributed by atoms with Crippen molar-refractivity contribution < 1.29 is 9.50 Å². The second-order valence-electron chi connectivity index (χ2n) is 5.10. The lowest BCUT2D eigenvalue weighted by molar-refractivity contribution is 0.211. The van der Waals surface area contributed by atoms with Gasteiger partial charge in [0.2, 0.25) is 0 Å². The Morgan fingerprint density at radius 1 is 1.47 bits per heavy atom. The van der Waals surface area contributed by atoms with Crippen molar-refractivity contribution in [1.82, 2.24) is 5.32 Å². The van der Waals surface area contributed by atoms with Crippen LogP contribution in [0.4, 0.5) is 10.1 Å². The van der Waals surface area contributed by atoms with Crippen LogP contribution in [0.3, 0.4) is 0 Å². The van der Waals surface area contributed by atoms with E-state index in [9.17, 15) is 9.50 Å². The fourth-order valence-corrected chi connectivity index (χ4v) is 2.53. The normalized spacial score (nSPS) is 23.8. The van der Waals surface area contributed by atoms with E-state index in [1.165, 1.54) is 6.07 Å². The molecule has 1 aliphatic rings. The molecular formula is C13H19FN2O. The zero-order chi connectivity index (χ0) is 12.5. The number of piperazine rings is 1. The van der Waals surface area contributed by atoms with Crippen LogP contribution in [-0.2, 0) is 0 Å². The van der Waals surface area contributed by atoms with E-state index >= 15 is 0 Å². The topological polar surface area (TPSA) is 35.5 Å². The van der Waals surface area contributed by atoms with Gasteiger partial charge in [0.25, 0.3) is 0 Å². The van der Waals surface area contributed by atoms with Crippen molar-refractivity contribution in [3.63, 3.8) is 0 Å². The maximum absolute atomic E-state index is 13.9. The summed E-state index contributed by atoms with van der Waals surface area (Å²) in [6.45, 7) is 5.57. The van der Waals surface area contributed by atoms with Crippen LogP contribution in [0.25, 0.3) is 0 Å². The van der Waals surface area contributed by atoms with Crippen LogP contribution < -0.4 is 10.2 Å². The van der Waals surface area contributed by atoms with Gasteiger partial charge in [0, 0.05) is 18.6 Å². The van der Waals surface area contributed by atoms with Gasteiger partial charge in [0.1, 0.15) is 5.82 Å². The summed E-state index contributed by atoms with van der Waals surface area (Å²) in [7, 11) is 0. The van der Waals surface area contributed by atoms with E-state index in [-0.39, 0.29) is 24.0 Å². The highest BCUT2D eigenvalue weighted by Crippen LogP contribution is 2.30. The van der Waals surface area contributed by atoms with Gasteiger partial charge in [-0.2, -0.15) is 0 Å². The Bertz CT molecular complexity index is 395. The van der Waals surface area contributed by atoms with Gasteiger partial charge < -0.3 is 15.3 Å². The van der Waals surface area contributed by atoms with E-state index < -0.39 is 0 Å². The molecular weight excluding hydrogens is 219 g/mol. The molecule has 1 atom stereocenters. The van der Waals surface area contributed by atoms with E-state index in [1.807, 2.05) is 24.8 Å². The predicted octanol–water partition coefficient (Wildman–Crippen LogP) is 1.37. The Labute approximate surface area is 101 Å². The molecule has 1 aliphatic heterocycles. The van der Waals surface area contributed by atoms with Crippen LogP contribution in [0, 0.1) is 5.82 Å². The third-order valence-electron chi connectivity index (χ3n) is 3.28. The summed E-state index contributed by atoms with van der Waals surface area (Å²) in [6, 6.07) is 6.65. The van der Waals surface area contributed by atoms with Gasteiger partial charge in [-0.25, -0.2) is 4.39 Å². The van der Waals surface area contributed by atoms with Crippen LogP contribution in [-0.4, -0.2) is 36.4 Å². The van der Waals surface area contributed by atoms with Gasteiger partial charge in [0.05, 0.1) is 18.3 Å². The van der Waals surface area contributed by atoms with Crippen molar-refractivity contribution >= 4 is 5.69 Å². The standard InChI is InChI=1S/C13H19FN2O/c1-13(2)9-15-7-10(8-17)16(13)12-6-4-3-5-11(12)14/h3-6,10,15,17H,7-9H2,1-2H3. The number of halogens is 1. The summed E-state index contributed by atoms with van der Waals surface area (Å²) >= 11 is 0. The highest BCUT2D eigenvalue weighted by Gasteiger charge is 2.37. The van der Waals surface area contributed by atoms with Gasteiger partial charge in [-0.3, -0.25) is 0 Å². The average molecular weight is 238 g/mol. The predicted molar refractivity (Wildman–Crippen MR) is 66.7 cm³/mol. The third kappa shape index (κ3) is 2.28. The molecule has 1 fully saturated rings. The van der Waals surface area contributed by atoms with Gasteiger partial charge in [-0.1, -0.05) is 12.1 Å². The van der Waals surface area contributed by atoms with Crippen molar-refractivity contribution in [2.75, 3.05) is 24.6 Å². The summed E-state index contributed by atoms with van der Waals surface area (Å²) in [6.07, 6.45) is 0. The number of rotatable bonds is 2. The quantitative estimate of drug-likeness (QED) is 0.817. The first-order chi connectivity index (χ1) is 8.06. The fraction of sp³-hybridized carbons (Fsp3) is 0.538. The third-order valence-corrected chi connectivity index (χ3v) is 3.28. The number of nitrogens with one attached hydrogen (secondary N) is 1. The molecule has 0 aliphatic carbocycles. The number of hydrogen-bond acceptors (Lipinski definition) is 3. The molecule has 0 radical (unpaired) electrons. The zero-order valence-corrected chi connectivity index (χ0v) is 10.3. The molecule has 4 heteroatoms. The van der Waals surface area contributed by atoms with Crippen molar-refractivity contribution in [3.8, 4) is 0 Å². The Balaban J connectivity index is 2.41. The molecule has 0 saturated carbocycles. The Morgan fingerprint density at radius 2 is 2.18 bits per heavy atom. The SMILES string of the molecule is CC1(C)CNCC(CO)N1c1ccccc1F. The molecule has 0 spiro atoms. The number of aliphatic hydroxyl groups excluding tert-OH is 1. The highest BCUT2D eigenvalue weighted by molar-refractivity contribution is 5.52. The summed E-state index contributed by atoms with van der Waals surface area (Å²) in [5.74, 6) is -0.235. The lowest BCUT2D eigenvalue weighted by Gasteiger charge is -2.49. The molecule has 0 aromatic heterocycles. The van der Waals surface area contributed by atoms with E-state index in [4.69, 9.17) is 0 Å². The lowest BCUT2D eigenvalue weighted by atomic mass is 9.95. The maximum atomic E-state index is 13.9. The zero-order valence-electron chi connectivity index (χ0n) is 10.3. The lowest BCUT2D eigenvalue weighted by Crippen LogP contribution is -2.64. The van der Waals surface area contributed by atoms with E-state index in [0.29, 0.717) is 12.2 Å². The molecule has 1 aromatic rings. The Hall–Kier alpha value is -1.13. The molecule has 1 saturated heterocycles. The van der Waals surface area contributed by atoms with Gasteiger partial charge in [-0.15, -0.1) is 0 Å². The van der Waals surface area contributed by atoms with E-state index in [2.05, 4.69) is 5.32 Å². The molecule has 1 unspecified atom stereocenters. The Kier molecular flexibility index (Phi) is 3.35. The summed E-state index contributed by atoms with van der Waals surface area (Å²) in [5.41, 5.74) is 0.353. The van der Waals surface area contributed by atoms with Crippen LogP contribution in [0.1, 0.15) is 13.8 Å². The largest absolute Gasteiger partial charge is 0.394 e. The summed E-state index contributed by atoms with van der Waals surface area (Å²) in [4.78, 5) is 1.98. The van der Waals surface area contributed by atoms with Gasteiger partial charge in [-0.05, 0) is 26.0 Å². The minimum Gasteiger partial charge on any atom is -0.394 e. The monoisotopic (exact) mass is 238 g/mol. The number of aliphatic hydroxyl groups is 1. The summed E-state index contributed by atoms with van der Waals surface area (Å²) in [5, 5.41) is 12.7. The fourth-order valence-electron chi connectivity index (χ4n) is 2.53. The van der Waals surface area contributed by atoms with E-state index in [1.54, 1.807) is 12.1 Å². The first-order valence-electron chi connectivity index (χ1n) is 5.92. The highest BCUT2D eigenvalue weighted by atomic mass is 19.1. The van der Waals surface area contributed by atoms with Crippen molar-refractivity contribution in [3.05, 3.63) is 30.1 Å². The first-order valence-corrected chi connectivity index (χ1v) is 5.92. The van der Waals surface area contributed by atoms with E-state index in [0.717, 1.165) is 6.54 Å². The number of nitrogens with zero attached hydrogens (tertiary/aromatic N) is 1. The van der Waals surface area contributed by atoms with Crippen LogP contribution in [0.15, 0.2) is 24.3 Å². The van der Waals surface area contributed by atoms with Gasteiger partial charge >= 0.3 is 0 Å². The molecule has 17 heavy (non-hydrogen) atoms. The second-order valence-corrected chi connectivity index (χ2v) is 5.10. The number of para-hydroxylation sites is 1. The molecule has 94 valence electrons.